The molecule has 0 aliphatic heterocycles. The Bertz CT molecular complexity index is 252. The van der Waals surface area contributed by atoms with Crippen molar-refractivity contribution in [2.45, 2.75) is 46.7 Å². The van der Waals surface area contributed by atoms with Crippen molar-refractivity contribution in [3.8, 4) is 0 Å². The standard InChI is InChI=1S/C12H24N2O3/c1-6-17-12(16)8-14(10(4)5)7-11(15)13-9(2)3/h9-10H,6-8H2,1-5H3,(H,13,15). The molecule has 0 radical (unpaired) electrons. The summed E-state index contributed by atoms with van der Waals surface area (Å²) in [6.45, 7) is 10.2. The maximum absolute atomic E-state index is 11.6. The fourth-order valence-corrected chi connectivity index (χ4v) is 1.35. The van der Waals surface area contributed by atoms with Gasteiger partial charge in [-0.05, 0) is 34.6 Å². The highest BCUT2D eigenvalue weighted by molar-refractivity contribution is 5.79. The summed E-state index contributed by atoms with van der Waals surface area (Å²) in [6.07, 6.45) is 0. The zero-order valence-corrected chi connectivity index (χ0v) is 11.4. The van der Waals surface area contributed by atoms with Gasteiger partial charge in [-0.3, -0.25) is 14.5 Å². The van der Waals surface area contributed by atoms with E-state index in [1.165, 1.54) is 0 Å². The topological polar surface area (TPSA) is 58.6 Å². The van der Waals surface area contributed by atoms with Crippen LogP contribution in [0.3, 0.4) is 0 Å². The molecule has 0 bridgehead atoms. The summed E-state index contributed by atoms with van der Waals surface area (Å²) in [6, 6.07) is 0.233. The number of amides is 1. The third kappa shape index (κ3) is 7.74. The molecule has 0 aromatic carbocycles. The quantitative estimate of drug-likeness (QED) is 0.673. The number of rotatable bonds is 7. The third-order valence-electron chi connectivity index (χ3n) is 2.16. The van der Waals surface area contributed by atoms with Gasteiger partial charge in [0.2, 0.25) is 5.91 Å². The second-order valence-electron chi connectivity index (χ2n) is 4.53. The van der Waals surface area contributed by atoms with Gasteiger partial charge in [-0.1, -0.05) is 0 Å². The summed E-state index contributed by atoms with van der Waals surface area (Å²) in [5.41, 5.74) is 0. The summed E-state index contributed by atoms with van der Waals surface area (Å²) >= 11 is 0. The van der Waals surface area contributed by atoms with Crippen molar-refractivity contribution in [3.63, 3.8) is 0 Å². The van der Waals surface area contributed by atoms with Gasteiger partial charge in [0.05, 0.1) is 19.7 Å². The number of hydrogen-bond acceptors (Lipinski definition) is 4. The van der Waals surface area contributed by atoms with Crippen LogP contribution in [0.4, 0.5) is 0 Å². The molecule has 1 N–H and O–H groups in total. The van der Waals surface area contributed by atoms with Crippen LogP contribution in [0.5, 0.6) is 0 Å². The second-order valence-corrected chi connectivity index (χ2v) is 4.53. The lowest BCUT2D eigenvalue weighted by molar-refractivity contribution is -0.145. The van der Waals surface area contributed by atoms with Crippen LogP contribution in [-0.4, -0.2) is 48.6 Å². The average molecular weight is 244 g/mol. The number of nitrogens with zero attached hydrogens (tertiary/aromatic N) is 1. The molecule has 0 saturated carbocycles. The normalized spacial score (nSPS) is 11.1. The number of nitrogens with one attached hydrogen (secondary N) is 1. The SMILES string of the molecule is CCOC(=O)CN(CC(=O)NC(C)C)C(C)C. The summed E-state index contributed by atoms with van der Waals surface area (Å²) in [5, 5.41) is 2.80. The molecule has 0 spiro atoms. The van der Waals surface area contributed by atoms with Crippen LogP contribution >= 0.6 is 0 Å². The molecule has 0 aromatic heterocycles. The lowest BCUT2D eigenvalue weighted by Crippen LogP contribution is -2.45. The van der Waals surface area contributed by atoms with E-state index in [0.717, 1.165) is 0 Å². The van der Waals surface area contributed by atoms with Gasteiger partial charge in [0.1, 0.15) is 0 Å². The van der Waals surface area contributed by atoms with Crippen molar-refractivity contribution in [1.29, 1.82) is 0 Å². The highest BCUT2D eigenvalue weighted by atomic mass is 16.5. The van der Waals surface area contributed by atoms with E-state index in [4.69, 9.17) is 4.74 Å². The van der Waals surface area contributed by atoms with Crippen LogP contribution in [-0.2, 0) is 14.3 Å². The van der Waals surface area contributed by atoms with Gasteiger partial charge in [0, 0.05) is 12.1 Å². The molecule has 100 valence electrons. The highest BCUT2D eigenvalue weighted by Crippen LogP contribution is 1.98. The van der Waals surface area contributed by atoms with Crippen LogP contribution in [0.1, 0.15) is 34.6 Å². The van der Waals surface area contributed by atoms with Gasteiger partial charge >= 0.3 is 5.97 Å². The number of carbonyl (C=O) groups is 2. The van der Waals surface area contributed by atoms with Crippen LogP contribution in [0.25, 0.3) is 0 Å². The molecule has 17 heavy (non-hydrogen) atoms. The Morgan fingerprint density at radius 1 is 1.18 bits per heavy atom. The minimum Gasteiger partial charge on any atom is -0.465 e. The Morgan fingerprint density at radius 2 is 1.76 bits per heavy atom. The maximum Gasteiger partial charge on any atom is 0.320 e. The number of esters is 1. The van der Waals surface area contributed by atoms with Crippen LogP contribution in [0, 0.1) is 0 Å². The van der Waals surface area contributed by atoms with Gasteiger partial charge in [-0.2, -0.15) is 0 Å². The lowest BCUT2D eigenvalue weighted by Gasteiger charge is -2.25. The Hall–Kier alpha value is -1.10. The molecule has 0 rings (SSSR count). The van der Waals surface area contributed by atoms with Crippen LogP contribution in [0.15, 0.2) is 0 Å². The molecular formula is C12H24N2O3. The van der Waals surface area contributed by atoms with E-state index in [0.29, 0.717) is 6.61 Å². The Kier molecular flexibility index (Phi) is 7.54. The number of ether oxygens (including phenoxy) is 1. The zero-order chi connectivity index (χ0) is 13.4. The molecule has 0 aliphatic carbocycles. The first-order valence-electron chi connectivity index (χ1n) is 6.05. The molecular weight excluding hydrogens is 220 g/mol. The van der Waals surface area contributed by atoms with Crippen LogP contribution < -0.4 is 5.32 Å². The van der Waals surface area contributed by atoms with Gasteiger partial charge in [0.15, 0.2) is 0 Å². The molecule has 0 atom stereocenters. The second kappa shape index (κ2) is 8.06. The van der Waals surface area contributed by atoms with Crippen LogP contribution in [0.2, 0.25) is 0 Å². The predicted octanol–water partition coefficient (Wildman–Crippen LogP) is 0.785. The summed E-state index contributed by atoms with van der Waals surface area (Å²) < 4.78 is 4.87. The maximum atomic E-state index is 11.6. The summed E-state index contributed by atoms with van der Waals surface area (Å²) in [5.74, 6) is -0.364. The highest BCUT2D eigenvalue weighted by Gasteiger charge is 2.18. The molecule has 5 heteroatoms. The Morgan fingerprint density at radius 3 is 2.18 bits per heavy atom. The predicted molar refractivity (Wildman–Crippen MR) is 66.6 cm³/mol. The van der Waals surface area contributed by atoms with Crippen molar-refractivity contribution >= 4 is 11.9 Å². The van der Waals surface area contributed by atoms with E-state index in [1.807, 2.05) is 27.7 Å². The molecule has 0 unspecified atom stereocenters. The molecule has 0 fully saturated rings. The van der Waals surface area contributed by atoms with E-state index in [2.05, 4.69) is 5.32 Å². The first-order chi connectivity index (χ1) is 7.86. The van der Waals surface area contributed by atoms with Gasteiger partial charge < -0.3 is 10.1 Å². The van der Waals surface area contributed by atoms with Gasteiger partial charge in [-0.15, -0.1) is 0 Å². The van der Waals surface area contributed by atoms with E-state index >= 15 is 0 Å². The smallest absolute Gasteiger partial charge is 0.320 e. The Balaban J connectivity index is 4.24. The van der Waals surface area contributed by atoms with E-state index < -0.39 is 0 Å². The monoisotopic (exact) mass is 244 g/mol. The van der Waals surface area contributed by atoms with Crippen molar-refractivity contribution in [2.75, 3.05) is 19.7 Å². The molecule has 5 nitrogen and oxygen atoms in total. The number of hydrogen-bond donors (Lipinski definition) is 1. The van der Waals surface area contributed by atoms with E-state index in [1.54, 1.807) is 11.8 Å². The number of carbonyl (C=O) groups excluding carboxylic acids is 2. The fraction of sp³-hybridized carbons (Fsp3) is 0.833. The van der Waals surface area contributed by atoms with Crippen molar-refractivity contribution in [2.24, 2.45) is 0 Å². The summed E-state index contributed by atoms with van der Waals surface area (Å²) in [4.78, 5) is 24.8. The van der Waals surface area contributed by atoms with Crippen molar-refractivity contribution in [3.05, 3.63) is 0 Å². The van der Waals surface area contributed by atoms with E-state index in [-0.39, 0.29) is 37.0 Å². The minimum atomic E-state index is -0.293. The zero-order valence-electron chi connectivity index (χ0n) is 11.4. The molecule has 0 aromatic rings. The van der Waals surface area contributed by atoms with Gasteiger partial charge in [-0.25, -0.2) is 0 Å². The Labute approximate surface area is 103 Å². The van der Waals surface area contributed by atoms with Crippen molar-refractivity contribution in [1.82, 2.24) is 10.2 Å². The fourth-order valence-electron chi connectivity index (χ4n) is 1.35. The molecule has 0 aliphatic rings. The molecule has 1 amide bonds. The third-order valence-corrected chi connectivity index (χ3v) is 2.16. The average Bonchev–Trinajstić information content (AvgIpc) is 2.15. The van der Waals surface area contributed by atoms with E-state index in [9.17, 15) is 9.59 Å². The summed E-state index contributed by atoms with van der Waals surface area (Å²) in [7, 11) is 0. The van der Waals surface area contributed by atoms with Gasteiger partial charge in [0.25, 0.3) is 0 Å². The molecule has 0 heterocycles. The molecule has 0 saturated heterocycles. The lowest BCUT2D eigenvalue weighted by atomic mass is 10.3. The van der Waals surface area contributed by atoms with Crippen molar-refractivity contribution < 1.29 is 14.3 Å². The minimum absolute atomic E-state index is 0.0713. The first kappa shape index (κ1) is 15.9. The first-order valence-corrected chi connectivity index (χ1v) is 6.05. The largest absolute Gasteiger partial charge is 0.465 e.